The highest BCUT2D eigenvalue weighted by atomic mass is 16.3. The van der Waals surface area contributed by atoms with Gasteiger partial charge in [0.1, 0.15) is 0 Å². The Morgan fingerprint density at radius 1 is 1.29 bits per heavy atom. The van der Waals surface area contributed by atoms with Gasteiger partial charge in [0, 0.05) is 12.5 Å². The van der Waals surface area contributed by atoms with Crippen LogP contribution in [0.2, 0.25) is 0 Å². The van der Waals surface area contributed by atoms with Crippen molar-refractivity contribution in [3.05, 3.63) is 0 Å². The molecule has 0 bridgehead atoms. The maximum absolute atomic E-state index is 11.9. The Kier molecular flexibility index (Phi) is 5.96. The largest absolute Gasteiger partial charge is 0.391 e. The predicted molar refractivity (Wildman–Crippen MR) is 69.6 cm³/mol. The molecule has 1 unspecified atom stereocenters. The van der Waals surface area contributed by atoms with Gasteiger partial charge in [-0.3, -0.25) is 4.79 Å². The number of nitrogens with one attached hydrogen (secondary N) is 1. The van der Waals surface area contributed by atoms with Gasteiger partial charge in [-0.25, -0.2) is 0 Å². The average Bonchev–Trinajstić information content (AvgIpc) is 2.26. The average molecular weight is 241 g/mol. The lowest BCUT2D eigenvalue weighted by Crippen LogP contribution is -2.38. The molecule has 1 atom stereocenters. The van der Waals surface area contributed by atoms with E-state index in [0.717, 1.165) is 38.0 Å². The third-order valence-electron chi connectivity index (χ3n) is 3.64. The Bertz CT molecular complexity index is 232. The summed E-state index contributed by atoms with van der Waals surface area (Å²) in [5, 5.41) is 12.6. The highest BCUT2D eigenvalue weighted by Gasteiger charge is 2.24. The van der Waals surface area contributed by atoms with E-state index in [-0.39, 0.29) is 11.8 Å². The summed E-state index contributed by atoms with van der Waals surface area (Å²) in [7, 11) is 0. The first-order chi connectivity index (χ1) is 7.99. The van der Waals surface area contributed by atoms with Crippen LogP contribution in [-0.2, 0) is 4.79 Å². The molecule has 1 amide bonds. The summed E-state index contributed by atoms with van der Waals surface area (Å²) >= 11 is 0. The van der Waals surface area contributed by atoms with E-state index in [1.54, 1.807) is 0 Å². The fourth-order valence-electron chi connectivity index (χ4n) is 2.51. The fraction of sp³-hybridized carbons (Fsp3) is 0.929. The quantitative estimate of drug-likeness (QED) is 0.776. The highest BCUT2D eigenvalue weighted by Crippen LogP contribution is 2.28. The molecule has 3 nitrogen and oxygen atoms in total. The first kappa shape index (κ1) is 14.5. The summed E-state index contributed by atoms with van der Waals surface area (Å²) in [5.41, 5.74) is 0. The number of carbonyl (C=O) groups is 1. The maximum Gasteiger partial charge on any atom is 0.223 e. The molecule has 0 saturated heterocycles. The third-order valence-corrected chi connectivity index (χ3v) is 3.64. The van der Waals surface area contributed by atoms with Crippen molar-refractivity contribution >= 4 is 5.91 Å². The standard InChI is InChI=1S/C14H27NO2/c1-10(2)8-13(16)9-15-14(17)12-6-4-11(3)5-7-12/h10-13,16H,4-9H2,1-3H3,(H,15,17). The zero-order chi connectivity index (χ0) is 12.8. The predicted octanol–water partition coefficient (Wildman–Crippen LogP) is 2.34. The van der Waals surface area contributed by atoms with Crippen molar-refractivity contribution in [3.63, 3.8) is 0 Å². The van der Waals surface area contributed by atoms with Crippen LogP contribution in [0.15, 0.2) is 0 Å². The molecule has 0 aromatic rings. The van der Waals surface area contributed by atoms with E-state index < -0.39 is 6.10 Å². The van der Waals surface area contributed by atoms with Crippen molar-refractivity contribution in [2.24, 2.45) is 17.8 Å². The van der Waals surface area contributed by atoms with Gasteiger partial charge in [0.15, 0.2) is 0 Å². The highest BCUT2D eigenvalue weighted by molar-refractivity contribution is 5.78. The van der Waals surface area contributed by atoms with Gasteiger partial charge in [-0.1, -0.05) is 20.8 Å². The van der Waals surface area contributed by atoms with Gasteiger partial charge < -0.3 is 10.4 Å². The zero-order valence-corrected chi connectivity index (χ0v) is 11.4. The van der Waals surface area contributed by atoms with Crippen LogP contribution in [-0.4, -0.2) is 23.7 Å². The van der Waals surface area contributed by atoms with Gasteiger partial charge in [0.2, 0.25) is 5.91 Å². The Hall–Kier alpha value is -0.570. The van der Waals surface area contributed by atoms with Crippen LogP contribution in [0.3, 0.4) is 0 Å². The second kappa shape index (κ2) is 7.00. The number of aliphatic hydroxyl groups excluding tert-OH is 1. The number of hydrogen-bond acceptors (Lipinski definition) is 2. The van der Waals surface area contributed by atoms with Gasteiger partial charge >= 0.3 is 0 Å². The minimum absolute atomic E-state index is 0.139. The summed E-state index contributed by atoms with van der Waals surface area (Å²) in [6.07, 6.45) is 4.68. The van der Waals surface area contributed by atoms with Crippen LogP contribution >= 0.6 is 0 Å². The lowest BCUT2D eigenvalue weighted by molar-refractivity contribution is -0.126. The van der Waals surface area contributed by atoms with E-state index in [1.165, 1.54) is 0 Å². The maximum atomic E-state index is 11.9. The van der Waals surface area contributed by atoms with Crippen LogP contribution in [0.4, 0.5) is 0 Å². The Morgan fingerprint density at radius 3 is 2.41 bits per heavy atom. The van der Waals surface area contributed by atoms with Crippen LogP contribution in [0.5, 0.6) is 0 Å². The molecule has 0 aliphatic heterocycles. The van der Waals surface area contributed by atoms with Crippen molar-refractivity contribution < 1.29 is 9.90 Å². The summed E-state index contributed by atoms with van der Waals surface area (Å²) in [5.74, 6) is 1.56. The number of aliphatic hydroxyl groups is 1. The molecular weight excluding hydrogens is 214 g/mol. The molecule has 1 rings (SSSR count). The second-order valence-corrected chi connectivity index (χ2v) is 5.99. The second-order valence-electron chi connectivity index (χ2n) is 5.99. The van der Waals surface area contributed by atoms with Gasteiger partial charge in [-0.05, 0) is 43.9 Å². The Labute approximate surface area is 105 Å². The summed E-state index contributed by atoms with van der Waals surface area (Å²) in [6, 6.07) is 0. The Balaban J connectivity index is 2.20. The van der Waals surface area contributed by atoms with Crippen molar-refractivity contribution in [1.82, 2.24) is 5.32 Å². The molecule has 1 aliphatic carbocycles. The monoisotopic (exact) mass is 241 g/mol. The first-order valence-electron chi connectivity index (χ1n) is 6.94. The van der Waals surface area contributed by atoms with Crippen molar-refractivity contribution in [3.8, 4) is 0 Å². The molecule has 0 radical (unpaired) electrons. The Morgan fingerprint density at radius 2 is 1.88 bits per heavy atom. The summed E-state index contributed by atoms with van der Waals surface area (Å²) in [6.45, 7) is 6.81. The van der Waals surface area contributed by atoms with Crippen LogP contribution < -0.4 is 5.32 Å². The molecule has 0 heterocycles. The molecular formula is C14H27NO2. The number of amides is 1. The SMILES string of the molecule is CC(C)CC(O)CNC(=O)C1CCC(C)CC1. The van der Waals surface area contributed by atoms with Crippen molar-refractivity contribution in [1.29, 1.82) is 0 Å². The number of carbonyl (C=O) groups excluding carboxylic acids is 1. The van der Waals surface area contributed by atoms with E-state index in [9.17, 15) is 9.90 Å². The lowest BCUT2D eigenvalue weighted by atomic mass is 9.82. The van der Waals surface area contributed by atoms with E-state index in [1.807, 2.05) is 0 Å². The van der Waals surface area contributed by atoms with E-state index in [0.29, 0.717) is 12.5 Å². The number of rotatable bonds is 5. The number of hydrogen-bond donors (Lipinski definition) is 2. The molecule has 0 aromatic heterocycles. The summed E-state index contributed by atoms with van der Waals surface area (Å²) < 4.78 is 0. The van der Waals surface area contributed by atoms with Gasteiger partial charge in [-0.15, -0.1) is 0 Å². The molecule has 100 valence electrons. The van der Waals surface area contributed by atoms with Crippen LogP contribution in [0.25, 0.3) is 0 Å². The normalized spacial score (nSPS) is 26.9. The minimum Gasteiger partial charge on any atom is -0.391 e. The smallest absolute Gasteiger partial charge is 0.223 e. The zero-order valence-electron chi connectivity index (χ0n) is 11.4. The topological polar surface area (TPSA) is 49.3 Å². The van der Waals surface area contributed by atoms with Crippen molar-refractivity contribution in [2.45, 2.75) is 59.0 Å². The molecule has 3 heteroatoms. The van der Waals surface area contributed by atoms with Gasteiger partial charge in [0.05, 0.1) is 6.10 Å². The van der Waals surface area contributed by atoms with E-state index in [2.05, 4.69) is 26.1 Å². The molecule has 2 N–H and O–H groups in total. The molecule has 17 heavy (non-hydrogen) atoms. The van der Waals surface area contributed by atoms with Crippen LogP contribution in [0.1, 0.15) is 52.9 Å². The van der Waals surface area contributed by atoms with Crippen molar-refractivity contribution in [2.75, 3.05) is 6.54 Å². The lowest BCUT2D eigenvalue weighted by Gasteiger charge is -2.25. The molecule has 1 saturated carbocycles. The van der Waals surface area contributed by atoms with Gasteiger partial charge in [-0.2, -0.15) is 0 Å². The molecule has 1 aliphatic rings. The van der Waals surface area contributed by atoms with E-state index in [4.69, 9.17) is 0 Å². The molecule has 0 spiro atoms. The minimum atomic E-state index is -0.401. The molecule has 1 fully saturated rings. The van der Waals surface area contributed by atoms with Crippen LogP contribution in [0, 0.1) is 17.8 Å². The molecule has 0 aromatic carbocycles. The third kappa shape index (κ3) is 5.53. The van der Waals surface area contributed by atoms with Gasteiger partial charge in [0.25, 0.3) is 0 Å². The van der Waals surface area contributed by atoms with E-state index >= 15 is 0 Å². The first-order valence-corrected chi connectivity index (χ1v) is 6.94. The summed E-state index contributed by atoms with van der Waals surface area (Å²) in [4.78, 5) is 11.9. The fourth-order valence-corrected chi connectivity index (χ4v) is 2.51.